The first-order valence-corrected chi connectivity index (χ1v) is 12.7. The molecule has 0 spiro atoms. The summed E-state index contributed by atoms with van der Waals surface area (Å²) in [6.07, 6.45) is 3.54. The van der Waals surface area contributed by atoms with E-state index in [-0.39, 0.29) is 15.7 Å². The summed E-state index contributed by atoms with van der Waals surface area (Å²) in [6.45, 7) is 4.37. The van der Waals surface area contributed by atoms with Gasteiger partial charge in [-0.3, -0.25) is 4.79 Å². The maximum Gasteiger partial charge on any atom is 0.256 e. The van der Waals surface area contributed by atoms with Crippen molar-refractivity contribution in [2.24, 2.45) is 0 Å². The molecule has 4 rings (SSSR count). The Kier molecular flexibility index (Phi) is 6.16. The van der Waals surface area contributed by atoms with Gasteiger partial charge in [0.2, 0.25) is 9.84 Å². The number of nitrogens with one attached hydrogen (secondary N) is 1. The van der Waals surface area contributed by atoms with Crippen LogP contribution < -0.4 is 10.1 Å². The molecule has 1 aliphatic rings. The number of ether oxygens (including phenoxy) is 1. The van der Waals surface area contributed by atoms with E-state index in [0.29, 0.717) is 29.3 Å². The van der Waals surface area contributed by atoms with Crippen molar-refractivity contribution in [1.82, 2.24) is 0 Å². The number of sulfone groups is 1. The van der Waals surface area contributed by atoms with Crippen molar-refractivity contribution in [2.45, 2.75) is 49.3 Å². The third-order valence-electron chi connectivity index (χ3n) is 5.38. The first-order chi connectivity index (χ1) is 14.9. The van der Waals surface area contributed by atoms with E-state index in [1.807, 2.05) is 13.8 Å². The highest BCUT2D eigenvalue weighted by Crippen LogP contribution is 2.43. The van der Waals surface area contributed by atoms with Gasteiger partial charge in [0.05, 0.1) is 11.5 Å². The normalized spacial score (nSPS) is 13.5. The van der Waals surface area contributed by atoms with E-state index in [0.717, 1.165) is 35.3 Å². The standard InChI is InChI=1S/C24H25NO4S2/c1-3-29-18-12-10-17(11-13-18)23(26)25-24-22(20-6-4-5-7-21(20)30-24)31(27,28)19-14-8-16(2)9-15-19/h8-15H,3-7H2,1-2H3,(H,25,26). The van der Waals surface area contributed by atoms with Gasteiger partial charge in [-0.05, 0) is 81.5 Å². The summed E-state index contributed by atoms with van der Waals surface area (Å²) in [6, 6.07) is 13.7. The summed E-state index contributed by atoms with van der Waals surface area (Å²) in [7, 11) is -3.75. The van der Waals surface area contributed by atoms with E-state index < -0.39 is 9.84 Å². The number of anilines is 1. The number of carbonyl (C=O) groups excluding carboxylic acids is 1. The summed E-state index contributed by atoms with van der Waals surface area (Å²) in [5, 5.41) is 3.29. The monoisotopic (exact) mass is 455 g/mol. The van der Waals surface area contributed by atoms with Gasteiger partial charge in [0.1, 0.15) is 15.6 Å². The number of benzene rings is 2. The fourth-order valence-corrected chi connectivity index (χ4v) is 7.06. The Bertz CT molecular complexity index is 1190. The van der Waals surface area contributed by atoms with E-state index in [9.17, 15) is 13.2 Å². The number of carbonyl (C=O) groups is 1. The zero-order valence-corrected chi connectivity index (χ0v) is 19.2. The molecule has 1 N–H and O–H groups in total. The molecule has 0 fully saturated rings. The second-order valence-electron chi connectivity index (χ2n) is 7.60. The van der Waals surface area contributed by atoms with E-state index in [1.165, 1.54) is 11.3 Å². The molecule has 3 aromatic rings. The Morgan fingerprint density at radius 3 is 2.39 bits per heavy atom. The van der Waals surface area contributed by atoms with Gasteiger partial charge in [-0.1, -0.05) is 17.7 Å². The molecule has 2 aromatic carbocycles. The molecule has 1 aliphatic carbocycles. The van der Waals surface area contributed by atoms with Crippen molar-refractivity contribution in [3.05, 3.63) is 70.1 Å². The summed E-state index contributed by atoms with van der Waals surface area (Å²) in [5.74, 6) is 0.357. The summed E-state index contributed by atoms with van der Waals surface area (Å²) < 4.78 is 32.6. The molecule has 0 unspecified atom stereocenters. The number of hydrogen-bond acceptors (Lipinski definition) is 5. The summed E-state index contributed by atoms with van der Waals surface area (Å²) >= 11 is 1.39. The minimum absolute atomic E-state index is 0.251. The lowest BCUT2D eigenvalue weighted by atomic mass is 9.99. The molecule has 5 nitrogen and oxygen atoms in total. The van der Waals surface area contributed by atoms with E-state index in [2.05, 4.69) is 5.32 Å². The lowest BCUT2D eigenvalue weighted by Gasteiger charge is -2.14. The molecule has 1 aromatic heterocycles. The van der Waals surface area contributed by atoms with E-state index in [1.54, 1.807) is 48.5 Å². The molecule has 0 bridgehead atoms. The van der Waals surface area contributed by atoms with E-state index in [4.69, 9.17) is 4.74 Å². The zero-order valence-electron chi connectivity index (χ0n) is 17.6. The third-order valence-corrected chi connectivity index (χ3v) is 8.59. The highest BCUT2D eigenvalue weighted by Gasteiger charge is 2.31. The minimum Gasteiger partial charge on any atom is -0.494 e. The predicted molar refractivity (Wildman–Crippen MR) is 123 cm³/mol. The SMILES string of the molecule is CCOc1ccc(C(=O)Nc2sc3c(c2S(=O)(=O)c2ccc(C)cc2)CCCC3)cc1. The Labute approximate surface area is 187 Å². The van der Waals surface area contributed by atoms with Gasteiger partial charge in [-0.2, -0.15) is 0 Å². The molecular weight excluding hydrogens is 430 g/mol. The van der Waals surface area contributed by atoms with Crippen LogP contribution in [0.2, 0.25) is 0 Å². The molecule has 0 atom stereocenters. The second-order valence-corrected chi connectivity index (χ2v) is 10.6. The van der Waals surface area contributed by atoms with Crippen molar-refractivity contribution in [1.29, 1.82) is 0 Å². The minimum atomic E-state index is -3.75. The smallest absolute Gasteiger partial charge is 0.256 e. The van der Waals surface area contributed by atoms with Crippen LogP contribution in [0.4, 0.5) is 5.00 Å². The Balaban J connectivity index is 1.72. The number of rotatable bonds is 6. The van der Waals surface area contributed by atoms with Gasteiger partial charge in [-0.25, -0.2) is 8.42 Å². The molecular formula is C24H25NO4S2. The molecule has 1 heterocycles. The zero-order chi connectivity index (χ0) is 22.0. The van der Waals surface area contributed by atoms with Crippen molar-refractivity contribution in [2.75, 3.05) is 11.9 Å². The molecule has 0 saturated heterocycles. The number of aryl methyl sites for hydroxylation is 2. The van der Waals surface area contributed by atoms with Crippen molar-refractivity contribution >= 4 is 32.1 Å². The van der Waals surface area contributed by atoms with Gasteiger partial charge in [-0.15, -0.1) is 11.3 Å². The maximum absolute atomic E-state index is 13.6. The van der Waals surface area contributed by atoms with Crippen molar-refractivity contribution < 1.29 is 17.9 Å². The van der Waals surface area contributed by atoms with Crippen LogP contribution in [0.25, 0.3) is 0 Å². The van der Waals surface area contributed by atoms with E-state index >= 15 is 0 Å². The summed E-state index contributed by atoms with van der Waals surface area (Å²) in [4.78, 5) is 14.5. The highest BCUT2D eigenvalue weighted by molar-refractivity contribution is 7.92. The van der Waals surface area contributed by atoms with Gasteiger partial charge in [0.15, 0.2) is 0 Å². The Morgan fingerprint density at radius 1 is 1.03 bits per heavy atom. The molecule has 0 saturated carbocycles. The fourth-order valence-electron chi connectivity index (χ4n) is 3.78. The van der Waals surface area contributed by atoms with Crippen LogP contribution in [0.1, 0.15) is 46.1 Å². The van der Waals surface area contributed by atoms with Gasteiger partial charge < -0.3 is 10.1 Å². The van der Waals surface area contributed by atoms with Crippen LogP contribution in [0.15, 0.2) is 58.3 Å². The van der Waals surface area contributed by atoms with Crippen LogP contribution >= 0.6 is 11.3 Å². The number of thiophene rings is 1. The maximum atomic E-state index is 13.6. The van der Waals surface area contributed by atoms with Crippen molar-refractivity contribution in [3.8, 4) is 5.75 Å². The first-order valence-electron chi connectivity index (χ1n) is 10.4. The van der Waals surface area contributed by atoms with Crippen LogP contribution in [-0.2, 0) is 22.7 Å². The number of amides is 1. The van der Waals surface area contributed by atoms with Gasteiger partial charge in [0, 0.05) is 10.4 Å². The van der Waals surface area contributed by atoms with Gasteiger partial charge in [0.25, 0.3) is 5.91 Å². The van der Waals surface area contributed by atoms with Crippen LogP contribution in [0.5, 0.6) is 5.75 Å². The van der Waals surface area contributed by atoms with Crippen LogP contribution in [-0.4, -0.2) is 20.9 Å². The molecule has 7 heteroatoms. The lowest BCUT2D eigenvalue weighted by Crippen LogP contribution is -2.14. The molecule has 0 radical (unpaired) electrons. The number of hydrogen-bond donors (Lipinski definition) is 1. The molecule has 162 valence electrons. The first kappa shape index (κ1) is 21.6. The highest BCUT2D eigenvalue weighted by atomic mass is 32.2. The second kappa shape index (κ2) is 8.85. The quantitative estimate of drug-likeness (QED) is 0.539. The topological polar surface area (TPSA) is 72.5 Å². The number of fused-ring (bicyclic) bond motifs is 1. The molecule has 0 aliphatic heterocycles. The largest absolute Gasteiger partial charge is 0.494 e. The third kappa shape index (κ3) is 4.38. The van der Waals surface area contributed by atoms with Crippen molar-refractivity contribution in [3.63, 3.8) is 0 Å². The summed E-state index contributed by atoms with van der Waals surface area (Å²) in [5.41, 5.74) is 2.31. The average molecular weight is 456 g/mol. The lowest BCUT2D eigenvalue weighted by molar-refractivity contribution is 0.102. The van der Waals surface area contributed by atoms with Crippen LogP contribution in [0, 0.1) is 6.92 Å². The average Bonchev–Trinajstić information content (AvgIpc) is 3.13. The Hall–Kier alpha value is -2.64. The fraction of sp³-hybridized carbons (Fsp3) is 0.292. The molecule has 1 amide bonds. The molecule has 31 heavy (non-hydrogen) atoms. The van der Waals surface area contributed by atoms with Crippen LogP contribution in [0.3, 0.4) is 0 Å². The predicted octanol–water partition coefficient (Wildman–Crippen LogP) is 5.42. The Morgan fingerprint density at radius 2 is 1.71 bits per heavy atom. The van der Waals surface area contributed by atoms with Gasteiger partial charge >= 0.3 is 0 Å².